The molecule has 12 nitrogen and oxygen atoms in total. The van der Waals surface area contributed by atoms with Gasteiger partial charge in [0.1, 0.15) is 36.2 Å². The zero-order chi connectivity index (χ0) is 19.4. The van der Waals surface area contributed by atoms with Crippen LogP contribution >= 0.6 is 12.6 Å². The molecule has 1 fully saturated rings. The highest BCUT2D eigenvalue weighted by Gasteiger charge is 2.43. The lowest BCUT2D eigenvalue weighted by molar-refractivity contribution is -0.137. The SMILES string of the molecule is NC(CS)C(=O)O.Nc1ncnc2c1ncn2[C@@H]1O[C@H](CO)[C@@H](O)[C@H]1O. The third-order valence-corrected chi connectivity index (χ3v) is 4.09. The number of hydrogen-bond donors (Lipinski definition) is 7. The molecule has 0 bridgehead atoms. The van der Waals surface area contributed by atoms with E-state index in [9.17, 15) is 15.0 Å². The van der Waals surface area contributed by atoms with E-state index < -0.39 is 43.2 Å². The summed E-state index contributed by atoms with van der Waals surface area (Å²) in [7, 11) is 0. The van der Waals surface area contributed by atoms with Gasteiger partial charge in [-0.3, -0.25) is 9.36 Å². The Kier molecular flexibility index (Phi) is 6.69. The van der Waals surface area contributed by atoms with Crippen LogP contribution in [-0.2, 0) is 9.53 Å². The quantitative estimate of drug-likeness (QED) is 0.269. The molecule has 1 saturated heterocycles. The Morgan fingerprint density at radius 2 is 2.04 bits per heavy atom. The fourth-order valence-corrected chi connectivity index (χ4v) is 2.40. The van der Waals surface area contributed by atoms with Crippen molar-refractivity contribution in [3.63, 3.8) is 0 Å². The predicted octanol–water partition coefficient (Wildman–Crippen LogP) is -2.65. The van der Waals surface area contributed by atoms with Crippen LogP contribution in [0.4, 0.5) is 5.82 Å². The van der Waals surface area contributed by atoms with Gasteiger partial charge in [-0.15, -0.1) is 0 Å². The maximum Gasteiger partial charge on any atom is 0.321 e. The second-order valence-electron chi connectivity index (χ2n) is 5.44. The Hall–Kier alpha value is -2.03. The molecule has 2 aromatic heterocycles. The van der Waals surface area contributed by atoms with Gasteiger partial charge in [-0.2, -0.15) is 12.6 Å². The van der Waals surface area contributed by atoms with Crippen LogP contribution in [0.5, 0.6) is 0 Å². The van der Waals surface area contributed by atoms with Gasteiger partial charge >= 0.3 is 5.97 Å². The van der Waals surface area contributed by atoms with E-state index in [2.05, 4.69) is 27.6 Å². The van der Waals surface area contributed by atoms with Crippen LogP contribution in [0.15, 0.2) is 12.7 Å². The fourth-order valence-electron chi connectivity index (χ4n) is 2.24. The monoisotopic (exact) mass is 388 g/mol. The summed E-state index contributed by atoms with van der Waals surface area (Å²) in [6, 6.07) is -0.816. The van der Waals surface area contributed by atoms with E-state index in [1.54, 1.807) is 0 Å². The van der Waals surface area contributed by atoms with Gasteiger partial charge in [-0.1, -0.05) is 0 Å². The third kappa shape index (κ3) is 4.03. The molecule has 1 aliphatic heterocycles. The highest BCUT2D eigenvalue weighted by atomic mass is 32.1. The minimum absolute atomic E-state index is 0.190. The summed E-state index contributed by atoms with van der Waals surface area (Å²) in [6.45, 7) is -0.390. The summed E-state index contributed by atoms with van der Waals surface area (Å²) in [5, 5.41) is 36.7. The van der Waals surface area contributed by atoms with Crippen LogP contribution in [0.3, 0.4) is 0 Å². The Morgan fingerprint density at radius 1 is 1.35 bits per heavy atom. The summed E-state index contributed by atoms with van der Waals surface area (Å²) in [5.74, 6) is -0.597. The Bertz CT molecular complexity index is 760. The normalized spacial score (nSPS) is 26.3. The van der Waals surface area contributed by atoms with E-state index in [1.807, 2.05) is 0 Å². The number of nitrogens with zero attached hydrogens (tertiary/aromatic N) is 4. The molecule has 2 aromatic rings. The van der Waals surface area contributed by atoms with E-state index in [1.165, 1.54) is 17.2 Å². The van der Waals surface area contributed by atoms with Gasteiger partial charge in [0.2, 0.25) is 0 Å². The van der Waals surface area contributed by atoms with Crippen molar-refractivity contribution in [2.45, 2.75) is 30.6 Å². The van der Waals surface area contributed by atoms with E-state index in [0.29, 0.717) is 11.2 Å². The van der Waals surface area contributed by atoms with Crippen molar-refractivity contribution in [3.8, 4) is 0 Å². The molecule has 26 heavy (non-hydrogen) atoms. The van der Waals surface area contributed by atoms with E-state index in [4.69, 9.17) is 26.4 Å². The van der Waals surface area contributed by atoms with Gasteiger partial charge in [0, 0.05) is 5.75 Å². The average Bonchev–Trinajstić information content (AvgIpc) is 3.17. The number of nitrogens with two attached hydrogens (primary N) is 2. The number of ether oxygens (including phenoxy) is 1. The molecule has 0 aromatic carbocycles. The van der Waals surface area contributed by atoms with Gasteiger partial charge in [0.15, 0.2) is 17.7 Å². The number of aromatic nitrogens is 4. The molecule has 0 aliphatic carbocycles. The number of hydrogen-bond acceptors (Lipinski definition) is 11. The van der Waals surface area contributed by atoms with Crippen molar-refractivity contribution in [1.29, 1.82) is 0 Å². The minimum Gasteiger partial charge on any atom is -0.480 e. The summed E-state index contributed by atoms with van der Waals surface area (Å²) >= 11 is 3.65. The van der Waals surface area contributed by atoms with E-state index in [-0.39, 0.29) is 11.6 Å². The molecule has 3 heterocycles. The third-order valence-electron chi connectivity index (χ3n) is 3.69. The summed E-state index contributed by atoms with van der Waals surface area (Å²) < 4.78 is 6.85. The van der Waals surface area contributed by atoms with E-state index in [0.717, 1.165) is 0 Å². The molecular weight excluding hydrogens is 368 g/mol. The Labute approximate surface area is 152 Å². The van der Waals surface area contributed by atoms with Gasteiger partial charge in [0.25, 0.3) is 0 Å². The molecular formula is C13H20N6O6S. The van der Waals surface area contributed by atoms with Crippen LogP contribution in [0.1, 0.15) is 6.23 Å². The number of aliphatic hydroxyl groups excluding tert-OH is 3. The molecule has 8 N–H and O–H groups in total. The number of carbonyl (C=O) groups is 1. The maximum atomic E-state index is 9.95. The molecule has 13 heteroatoms. The average molecular weight is 388 g/mol. The number of imidazole rings is 1. The number of carboxylic acids is 1. The summed E-state index contributed by atoms with van der Waals surface area (Å²) in [6.07, 6.45) is -1.42. The molecule has 0 radical (unpaired) electrons. The lowest BCUT2D eigenvalue weighted by atomic mass is 10.1. The van der Waals surface area contributed by atoms with Crippen LogP contribution in [0.25, 0.3) is 11.2 Å². The Morgan fingerprint density at radius 3 is 2.54 bits per heavy atom. The van der Waals surface area contributed by atoms with Crippen LogP contribution < -0.4 is 11.5 Å². The first-order chi connectivity index (χ1) is 12.3. The van der Waals surface area contributed by atoms with Crippen molar-refractivity contribution >= 4 is 35.6 Å². The zero-order valence-electron chi connectivity index (χ0n) is 13.5. The van der Waals surface area contributed by atoms with Gasteiger partial charge in [0.05, 0.1) is 12.9 Å². The summed E-state index contributed by atoms with van der Waals surface area (Å²) in [5.41, 5.74) is 11.4. The molecule has 0 spiro atoms. The first-order valence-electron chi connectivity index (χ1n) is 7.46. The number of nitrogen functional groups attached to an aromatic ring is 1. The largest absolute Gasteiger partial charge is 0.480 e. The number of anilines is 1. The zero-order valence-corrected chi connectivity index (χ0v) is 14.3. The van der Waals surface area contributed by atoms with Crippen LogP contribution in [0.2, 0.25) is 0 Å². The Balaban J connectivity index is 0.000000298. The van der Waals surface area contributed by atoms with Crippen molar-refractivity contribution in [1.82, 2.24) is 19.5 Å². The number of carboxylic acid groups (broad SMARTS) is 1. The second kappa shape index (κ2) is 8.57. The van der Waals surface area contributed by atoms with E-state index >= 15 is 0 Å². The van der Waals surface area contributed by atoms with Crippen molar-refractivity contribution < 1.29 is 30.0 Å². The number of fused-ring (bicyclic) bond motifs is 1. The van der Waals surface area contributed by atoms with Crippen LogP contribution in [0, 0.1) is 0 Å². The molecule has 0 saturated carbocycles. The fraction of sp³-hybridized carbons (Fsp3) is 0.538. The smallest absolute Gasteiger partial charge is 0.321 e. The lowest BCUT2D eigenvalue weighted by Crippen LogP contribution is -2.33. The molecule has 144 valence electrons. The lowest BCUT2D eigenvalue weighted by Gasteiger charge is -2.16. The number of aliphatic carboxylic acids is 1. The molecule has 0 amide bonds. The topological polar surface area (TPSA) is 203 Å². The summed E-state index contributed by atoms with van der Waals surface area (Å²) in [4.78, 5) is 21.6. The molecule has 1 aliphatic rings. The first kappa shape index (κ1) is 20.3. The number of thiol groups is 1. The van der Waals surface area contributed by atoms with Gasteiger partial charge < -0.3 is 36.6 Å². The standard InChI is InChI=1S/C10H13N5O4.C3H7NO2S/c11-8-5-9(13-2-12-8)15(3-14-5)10-7(18)6(17)4(1-16)19-10;4-2(1-7)3(5)6/h2-4,6-7,10,16-18H,1H2,(H2,11,12,13);2,7H,1,4H2,(H,5,6)/t4-,6-,7-,10-;/m1./s1. The first-order valence-corrected chi connectivity index (χ1v) is 8.09. The van der Waals surface area contributed by atoms with Crippen molar-refractivity contribution in [3.05, 3.63) is 12.7 Å². The minimum atomic E-state index is -1.19. The molecule has 3 rings (SSSR count). The number of rotatable bonds is 4. The predicted molar refractivity (Wildman–Crippen MR) is 92.2 cm³/mol. The van der Waals surface area contributed by atoms with Gasteiger partial charge in [-0.25, -0.2) is 15.0 Å². The molecule has 1 unspecified atom stereocenters. The second-order valence-corrected chi connectivity index (χ2v) is 5.80. The number of aliphatic hydroxyl groups is 3. The highest BCUT2D eigenvalue weighted by Crippen LogP contribution is 2.31. The van der Waals surface area contributed by atoms with Crippen LogP contribution in [-0.4, -0.2) is 82.6 Å². The maximum absolute atomic E-state index is 9.95. The van der Waals surface area contributed by atoms with Gasteiger partial charge in [-0.05, 0) is 0 Å². The molecule has 5 atom stereocenters. The van der Waals surface area contributed by atoms with Crippen molar-refractivity contribution in [2.24, 2.45) is 5.73 Å². The highest BCUT2D eigenvalue weighted by molar-refractivity contribution is 7.80. The van der Waals surface area contributed by atoms with Crippen molar-refractivity contribution in [2.75, 3.05) is 18.1 Å².